The number of carboxylic acids is 1. The molecule has 0 aliphatic heterocycles. The minimum absolute atomic E-state index is 0.101. The van der Waals surface area contributed by atoms with E-state index in [1.807, 2.05) is 18.2 Å². The highest BCUT2D eigenvalue weighted by molar-refractivity contribution is 14.1. The van der Waals surface area contributed by atoms with Crippen LogP contribution in [0.5, 0.6) is 0 Å². The molecule has 0 unspecified atom stereocenters. The van der Waals surface area contributed by atoms with E-state index in [2.05, 4.69) is 48.8 Å². The quantitative estimate of drug-likeness (QED) is 0.703. The summed E-state index contributed by atoms with van der Waals surface area (Å²) < 4.78 is 2.03. The molecule has 2 N–H and O–H groups in total. The Kier molecular flexibility index (Phi) is 4.23. The first kappa shape index (κ1) is 13.8. The Bertz CT molecular complexity index is 615. The molecule has 0 aliphatic rings. The molecule has 2 aromatic rings. The fourth-order valence-corrected chi connectivity index (χ4v) is 3.57. The van der Waals surface area contributed by atoms with Crippen LogP contribution in [0.15, 0.2) is 22.7 Å². The molecule has 0 saturated carbocycles. The van der Waals surface area contributed by atoms with Gasteiger partial charge in [0.05, 0.1) is 5.69 Å². The number of nitrogens with zero attached hydrogens (tertiary/aromatic N) is 1. The Balaban J connectivity index is 2.29. The summed E-state index contributed by atoms with van der Waals surface area (Å²) in [5.41, 5.74) is 0.963. The van der Waals surface area contributed by atoms with Crippen molar-refractivity contribution in [1.82, 2.24) is 4.98 Å². The number of halogens is 2. The molecule has 1 aromatic heterocycles. The zero-order valence-electron chi connectivity index (χ0n) is 9.20. The summed E-state index contributed by atoms with van der Waals surface area (Å²) in [4.78, 5) is 15.6. The summed E-state index contributed by atoms with van der Waals surface area (Å²) in [6.07, 6.45) is 0. The average Bonchev–Trinajstić information content (AvgIpc) is 2.64. The van der Waals surface area contributed by atoms with Gasteiger partial charge in [0.15, 0.2) is 10.8 Å². The first-order chi connectivity index (χ1) is 8.47. The Morgan fingerprint density at radius 3 is 2.83 bits per heavy atom. The fraction of sp³-hybridized carbons (Fsp3) is 0.0909. The Labute approximate surface area is 130 Å². The maximum absolute atomic E-state index is 10.9. The molecule has 2 rings (SSSR count). The van der Waals surface area contributed by atoms with Crippen molar-refractivity contribution in [3.63, 3.8) is 0 Å². The number of hydrogen-bond donors (Lipinski definition) is 2. The van der Waals surface area contributed by atoms with Gasteiger partial charge in [0.25, 0.3) is 0 Å². The number of carbonyl (C=O) groups is 1. The molecule has 18 heavy (non-hydrogen) atoms. The summed E-state index contributed by atoms with van der Waals surface area (Å²) in [6.45, 7) is 1.75. The van der Waals surface area contributed by atoms with E-state index in [-0.39, 0.29) is 5.69 Å². The number of rotatable bonds is 3. The van der Waals surface area contributed by atoms with Crippen LogP contribution in [0.1, 0.15) is 15.4 Å². The van der Waals surface area contributed by atoms with E-state index in [0.717, 1.165) is 13.7 Å². The van der Waals surface area contributed by atoms with Gasteiger partial charge in [0.2, 0.25) is 0 Å². The van der Waals surface area contributed by atoms with Crippen molar-refractivity contribution in [3.8, 4) is 0 Å². The molecule has 0 amide bonds. The summed E-state index contributed by atoms with van der Waals surface area (Å²) >= 11 is 7.00. The Morgan fingerprint density at radius 1 is 1.56 bits per heavy atom. The Morgan fingerprint density at radius 2 is 2.28 bits per heavy atom. The number of hydrogen-bond acceptors (Lipinski definition) is 4. The van der Waals surface area contributed by atoms with Crippen LogP contribution in [0.3, 0.4) is 0 Å². The minimum Gasteiger partial charge on any atom is -0.476 e. The first-order valence-corrected chi connectivity index (χ1v) is 7.59. The predicted octanol–water partition coefficient (Wildman–Crippen LogP) is 4.26. The van der Waals surface area contributed by atoms with Crippen molar-refractivity contribution in [2.45, 2.75) is 6.92 Å². The third-order valence-electron chi connectivity index (χ3n) is 2.17. The molecule has 0 saturated heterocycles. The highest BCUT2D eigenvalue weighted by Crippen LogP contribution is 2.30. The molecule has 0 radical (unpaired) electrons. The van der Waals surface area contributed by atoms with Crippen molar-refractivity contribution >= 4 is 66.6 Å². The lowest BCUT2D eigenvalue weighted by molar-refractivity contribution is 0.0690. The summed E-state index contributed by atoms with van der Waals surface area (Å²) in [5, 5.41) is 12.6. The number of nitrogens with one attached hydrogen (secondary N) is 1. The lowest BCUT2D eigenvalue weighted by Gasteiger charge is -2.05. The van der Waals surface area contributed by atoms with Crippen LogP contribution in [0.4, 0.5) is 10.8 Å². The van der Waals surface area contributed by atoms with Gasteiger partial charge >= 0.3 is 5.97 Å². The van der Waals surface area contributed by atoms with Crippen LogP contribution in [0.25, 0.3) is 0 Å². The maximum Gasteiger partial charge on any atom is 0.355 e. The molecule has 0 fully saturated rings. The fourth-order valence-electron chi connectivity index (χ4n) is 1.35. The lowest BCUT2D eigenvalue weighted by atomic mass is 10.3. The average molecular weight is 439 g/mol. The smallest absolute Gasteiger partial charge is 0.355 e. The molecule has 1 heterocycles. The second-order valence-corrected chi connectivity index (χ2v) is 6.78. The van der Waals surface area contributed by atoms with E-state index in [1.54, 1.807) is 6.92 Å². The van der Waals surface area contributed by atoms with Gasteiger partial charge in [-0.05, 0) is 63.6 Å². The molecule has 4 nitrogen and oxygen atoms in total. The number of carboxylic acid groups (broad SMARTS) is 1. The molecular weight excluding hydrogens is 431 g/mol. The summed E-state index contributed by atoms with van der Waals surface area (Å²) in [7, 11) is 0. The van der Waals surface area contributed by atoms with Crippen molar-refractivity contribution in [2.24, 2.45) is 0 Å². The zero-order chi connectivity index (χ0) is 13.3. The van der Waals surface area contributed by atoms with Gasteiger partial charge in [-0.2, -0.15) is 0 Å². The minimum atomic E-state index is -1.00. The molecule has 0 aliphatic carbocycles. The highest BCUT2D eigenvalue weighted by atomic mass is 127. The maximum atomic E-state index is 10.9. The first-order valence-electron chi connectivity index (χ1n) is 4.90. The van der Waals surface area contributed by atoms with E-state index < -0.39 is 5.97 Å². The molecule has 94 valence electrons. The number of aromatic carboxylic acids is 1. The van der Waals surface area contributed by atoms with Crippen LogP contribution in [-0.4, -0.2) is 16.1 Å². The van der Waals surface area contributed by atoms with Crippen LogP contribution >= 0.6 is 49.9 Å². The standard InChI is InChI=1S/C11H8BrIN2O2S/c1-5-9(10(16)17)15-11(18-5)14-8-3-2-6(13)4-7(8)12/h2-4H,1H3,(H,14,15)(H,16,17). The van der Waals surface area contributed by atoms with Gasteiger partial charge in [-0.15, -0.1) is 11.3 Å². The number of benzene rings is 1. The van der Waals surface area contributed by atoms with E-state index in [9.17, 15) is 4.79 Å². The number of anilines is 2. The zero-order valence-corrected chi connectivity index (χ0v) is 13.8. The van der Waals surface area contributed by atoms with Crippen molar-refractivity contribution < 1.29 is 9.90 Å². The van der Waals surface area contributed by atoms with E-state index >= 15 is 0 Å². The van der Waals surface area contributed by atoms with E-state index in [4.69, 9.17) is 5.11 Å². The summed E-state index contributed by atoms with van der Waals surface area (Å²) in [6, 6.07) is 5.86. The third-order valence-corrected chi connectivity index (χ3v) is 4.39. The Hall–Kier alpha value is -0.670. The number of aromatic nitrogens is 1. The van der Waals surface area contributed by atoms with Gasteiger partial charge in [0.1, 0.15) is 0 Å². The third kappa shape index (κ3) is 3.01. The molecular formula is C11H8BrIN2O2S. The normalized spacial score (nSPS) is 10.4. The molecule has 1 aromatic carbocycles. The second kappa shape index (κ2) is 5.54. The van der Waals surface area contributed by atoms with E-state index in [0.29, 0.717) is 10.0 Å². The summed E-state index contributed by atoms with van der Waals surface area (Å²) in [5.74, 6) is -1.00. The molecule has 0 atom stereocenters. The van der Waals surface area contributed by atoms with Gasteiger partial charge in [-0.1, -0.05) is 0 Å². The predicted molar refractivity (Wildman–Crippen MR) is 84.0 cm³/mol. The molecule has 0 bridgehead atoms. The van der Waals surface area contributed by atoms with Crippen LogP contribution in [-0.2, 0) is 0 Å². The van der Waals surface area contributed by atoms with Gasteiger partial charge in [0, 0.05) is 12.9 Å². The van der Waals surface area contributed by atoms with Crippen molar-refractivity contribution in [3.05, 3.63) is 36.8 Å². The highest BCUT2D eigenvalue weighted by Gasteiger charge is 2.14. The van der Waals surface area contributed by atoms with Crippen LogP contribution < -0.4 is 5.32 Å². The van der Waals surface area contributed by atoms with Gasteiger partial charge in [-0.25, -0.2) is 9.78 Å². The van der Waals surface area contributed by atoms with Gasteiger partial charge in [-0.3, -0.25) is 0 Å². The van der Waals surface area contributed by atoms with E-state index in [1.165, 1.54) is 11.3 Å². The SMILES string of the molecule is Cc1sc(Nc2ccc(I)cc2Br)nc1C(=O)O. The lowest BCUT2D eigenvalue weighted by Crippen LogP contribution is -1.99. The second-order valence-electron chi connectivity index (χ2n) is 3.48. The monoisotopic (exact) mass is 438 g/mol. The van der Waals surface area contributed by atoms with Crippen LogP contribution in [0, 0.1) is 10.5 Å². The van der Waals surface area contributed by atoms with Gasteiger partial charge < -0.3 is 10.4 Å². The number of aryl methyl sites for hydroxylation is 1. The van der Waals surface area contributed by atoms with Crippen molar-refractivity contribution in [2.75, 3.05) is 5.32 Å². The van der Waals surface area contributed by atoms with Crippen molar-refractivity contribution in [1.29, 1.82) is 0 Å². The largest absolute Gasteiger partial charge is 0.476 e. The van der Waals surface area contributed by atoms with Crippen LogP contribution in [0.2, 0.25) is 0 Å². The molecule has 0 spiro atoms. The number of thiazole rings is 1. The molecule has 7 heteroatoms. The topological polar surface area (TPSA) is 62.2 Å².